The van der Waals surface area contributed by atoms with E-state index in [9.17, 15) is 14.7 Å². The van der Waals surface area contributed by atoms with Gasteiger partial charge in [0.05, 0.1) is 19.3 Å². The lowest BCUT2D eigenvalue weighted by atomic mass is 9.82. The number of rotatable bonds is 7. The van der Waals surface area contributed by atoms with Gasteiger partial charge >= 0.3 is 12.1 Å². The van der Waals surface area contributed by atoms with Gasteiger partial charge in [0.25, 0.3) is 0 Å². The van der Waals surface area contributed by atoms with Crippen LogP contribution in [-0.4, -0.2) is 62.5 Å². The van der Waals surface area contributed by atoms with E-state index in [2.05, 4.69) is 51.8 Å². The van der Waals surface area contributed by atoms with Gasteiger partial charge in [-0.3, -0.25) is 9.74 Å². The lowest BCUT2D eigenvalue weighted by Gasteiger charge is -2.52. The topological polar surface area (TPSA) is 88.5 Å². The lowest BCUT2D eigenvalue weighted by molar-refractivity contribution is -0.304. The highest BCUT2D eigenvalue weighted by atomic mass is 16.7. The maximum absolute atomic E-state index is 12.5. The van der Waals surface area contributed by atoms with Crippen LogP contribution in [0.4, 0.5) is 4.79 Å². The molecule has 3 rings (SSSR count). The molecule has 1 N–H and O–H groups in total. The minimum atomic E-state index is -1.05. The second-order valence-electron chi connectivity index (χ2n) is 12.4. The number of nitrogens with zero attached hydrogens (tertiary/aromatic N) is 2. The molecule has 2 saturated heterocycles. The van der Waals surface area contributed by atoms with Gasteiger partial charge in [-0.05, 0) is 85.8 Å². The Bertz CT molecular complexity index is 905. The molecule has 1 aromatic carbocycles. The molecule has 202 valence electrons. The smallest absolute Gasteiger partial charge is 0.411 e. The van der Waals surface area contributed by atoms with Crippen LogP contribution >= 0.6 is 0 Å². The maximum atomic E-state index is 12.5. The van der Waals surface area contributed by atoms with E-state index in [1.54, 1.807) is 20.8 Å². The number of likely N-dealkylation sites (tertiary alicyclic amines) is 1. The van der Waals surface area contributed by atoms with Crippen molar-refractivity contribution >= 4 is 12.1 Å². The highest BCUT2D eigenvalue weighted by Gasteiger charge is 2.44. The number of hydroxylamine groups is 2. The van der Waals surface area contributed by atoms with Gasteiger partial charge in [-0.15, -0.1) is 0 Å². The van der Waals surface area contributed by atoms with Crippen molar-refractivity contribution in [3.05, 3.63) is 35.4 Å². The van der Waals surface area contributed by atoms with Gasteiger partial charge in [0.2, 0.25) is 0 Å². The van der Waals surface area contributed by atoms with Crippen LogP contribution in [-0.2, 0) is 25.7 Å². The third-order valence-electron chi connectivity index (χ3n) is 7.05. The molecule has 0 bridgehead atoms. The average Bonchev–Trinajstić information content (AvgIpc) is 3.19. The number of carboxylic acid groups (broad SMARTS) is 1. The molecule has 2 aliphatic heterocycles. The van der Waals surface area contributed by atoms with Crippen LogP contribution in [0, 0.1) is 0 Å². The number of ether oxygens (including phenoxy) is 2. The first-order valence-corrected chi connectivity index (χ1v) is 13.0. The van der Waals surface area contributed by atoms with Crippen molar-refractivity contribution < 1.29 is 29.0 Å². The molecule has 1 aromatic rings. The number of aliphatic carboxylic acids is 1. The van der Waals surface area contributed by atoms with Gasteiger partial charge < -0.3 is 14.6 Å². The Hall–Kier alpha value is -2.16. The van der Waals surface area contributed by atoms with Crippen molar-refractivity contribution in [2.75, 3.05) is 6.54 Å². The molecule has 0 aromatic heterocycles. The Balaban J connectivity index is 1.57. The van der Waals surface area contributed by atoms with E-state index in [1.807, 2.05) is 12.1 Å². The number of piperidine rings is 1. The predicted octanol–water partition coefficient (Wildman–Crippen LogP) is 5.70. The molecule has 36 heavy (non-hydrogen) atoms. The van der Waals surface area contributed by atoms with Gasteiger partial charge in [0, 0.05) is 17.5 Å². The standard InChI is InChI=1S/C28H44N2O6/c1-19(36-30-27(5,6)14-9-15-28(30,7)8)21-12-10-20(11-13-21)18-34-22-16-23(24(31)32)29(17-22)25(33)35-26(2,3)4/h10-13,19,22-23H,9,14-18H2,1-8H3,(H,31,32)/t19?,22-,23+/m1/s1. The molecule has 3 atom stereocenters. The molecule has 2 aliphatic rings. The summed E-state index contributed by atoms with van der Waals surface area (Å²) >= 11 is 0. The SMILES string of the molecule is CC(ON1C(C)(C)CCCC1(C)C)c1ccc(CO[C@@H]2C[C@@H](C(=O)O)N(C(=O)OC(C)(C)C)C2)cc1. The third kappa shape index (κ3) is 6.99. The Labute approximate surface area is 215 Å². The molecule has 0 saturated carbocycles. The first-order valence-electron chi connectivity index (χ1n) is 13.0. The highest BCUT2D eigenvalue weighted by molar-refractivity contribution is 5.81. The number of amides is 1. The van der Waals surface area contributed by atoms with Crippen LogP contribution in [0.2, 0.25) is 0 Å². The third-order valence-corrected chi connectivity index (χ3v) is 7.05. The van der Waals surface area contributed by atoms with E-state index in [-0.39, 0.29) is 36.3 Å². The zero-order chi connectivity index (χ0) is 26.9. The van der Waals surface area contributed by atoms with E-state index < -0.39 is 23.7 Å². The number of benzene rings is 1. The molecular formula is C28H44N2O6. The summed E-state index contributed by atoms with van der Waals surface area (Å²) in [7, 11) is 0. The molecule has 2 heterocycles. The van der Waals surface area contributed by atoms with Gasteiger partial charge in [-0.1, -0.05) is 24.3 Å². The summed E-state index contributed by atoms with van der Waals surface area (Å²) in [6.07, 6.45) is 2.56. The summed E-state index contributed by atoms with van der Waals surface area (Å²) in [4.78, 5) is 31.9. The number of hydrogen-bond donors (Lipinski definition) is 1. The van der Waals surface area contributed by atoms with Crippen molar-refractivity contribution in [2.45, 2.75) is 123 Å². The fourth-order valence-corrected chi connectivity index (χ4v) is 5.25. The molecule has 0 radical (unpaired) electrons. The van der Waals surface area contributed by atoms with E-state index in [0.717, 1.165) is 24.0 Å². The highest BCUT2D eigenvalue weighted by Crippen LogP contribution is 2.40. The minimum Gasteiger partial charge on any atom is -0.480 e. The molecule has 0 spiro atoms. The fraction of sp³-hybridized carbons (Fsp3) is 0.714. The average molecular weight is 505 g/mol. The van der Waals surface area contributed by atoms with Crippen molar-refractivity contribution in [2.24, 2.45) is 0 Å². The van der Waals surface area contributed by atoms with Crippen LogP contribution in [0.1, 0.15) is 98.3 Å². The molecular weight excluding hydrogens is 460 g/mol. The van der Waals surface area contributed by atoms with Gasteiger partial charge in [0.1, 0.15) is 17.7 Å². The normalized spacial score (nSPS) is 24.9. The summed E-state index contributed by atoms with van der Waals surface area (Å²) in [5.74, 6) is -1.05. The van der Waals surface area contributed by atoms with Crippen LogP contribution in [0.3, 0.4) is 0 Å². The van der Waals surface area contributed by atoms with Gasteiger partial charge in [-0.2, -0.15) is 5.06 Å². The monoisotopic (exact) mass is 504 g/mol. The molecule has 1 amide bonds. The number of hydrogen-bond acceptors (Lipinski definition) is 6. The van der Waals surface area contributed by atoms with E-state index >= 15 is 0 Å². The van der Waals surface area contributed by atoms with Crippen molar-refractivity contribution in [3.8, 4) is 0 Å². The summed E-state index contributed by atoms with van der Waals surface area (Å²) in [6.45, 7) is 16.8. The quantitative estimate of drug-likeness (QED) is 0.509. The lowest BCUT2D eigenvalue weighted by Crippen LogP contribution is -2.58. The largest absolute Gasteiger partial charge is 0.480 e. The summed E-state index contributed by atoms with van der Waals surface area (Å²) in [5.41, 5.74) is 1.32. The van der Waals surface area contributed by atoms with E-state index in [0.29, 0.717) is 6.61 Å². The zero-order valence-electron chi connectivity index (χ0n) is 23.2. The summed E-state index contributed by atoms with van der Waals surface area (Å²) in [6, 6.07) is 7.17. The van der Waals surface area contributed by atoms with E-state index in [1.165, 1.54) is 11.3 Å². The summed E-state index contributed by atoms with van der Waals surface area (Å²) < 4.78 is 11.4. The second-order valence-corrected chi connectivity index (χ2v) is 12.4. The minimum absolute atomic E-state index is 0.0218. The summed E-state index contributed by atoms with van der Waals surface area (Å²) in [5, 5.41) is 11.8. The Morgan fingerprint density at radius 2 is 1.67 bits per heavy atom. The maximum Gasteiger partial charge on any atom is 0.411 e. The molecule has 1 unspecified atom stereocenters. The Morgan fingerprint density at radius 1 is 1.08 bits per heavy atom. The van der Waals surface area contributed by atoms with Crippen LogP contribution in [0.25, 0.3) is 0 Å². The van der Waals surface area contributed by atoms with Gasteiger partial charge in [0.15, 0.2) is 0 Å². The molecule has 2 fully saturated rings. The Kier molecular flexibility index (Phi) is 8.43. The number of carbonyl (C=O) groups is 2. The predicted molar refractivity (Wildman–Crippen MR) is 137 cm³/mol. The van der Waals surface area contributed by atoms with Crippen molar-refractivity contribution in [3.63, 3.8) is 0 Å². The Morgan fingerprint density at radius 3 is 2.19 bits per heavy atom. The first kappa shape index (κ1) is 28.4. The zero-order valence-corrected chi connectivity index (χ0v) is 23.2. The van der Waals surface area contributed by atoms with Crippen molar-refractivity contribution in [1.82, 2.24) is 9.96 Å². The van der Waals surface area contributed by atoms with Crippen molar-refractivity contribution in [1.29, 1.82) is 0 Å². The molecule has 0 aliphatic carbocycles. The van der Waals surface area contributed by atoms with Crippen LogP contribution in [0.5, 0.6) is 0 Å². The number of carbonyl (C=O) groups excluding carboxylic acids is 1. The first-order chi connectivity index (χ1) is 16.6. The van der Waals surface area contributed by atoms with Crippen LogP contribution in [0.15, 0.2) is 24.3 Å². The van der Waals surface area contributed by atoms with Gasteiger partial charge in [-0.25, -0.2) is 9.59 Å². The second kappa shape index (κ2) is 10.7. The van der Waals surface area contributed by atoms with Crippen LogP contribution < -0.4 is 0 Å². The van der Waals surface area contributed by atoms with E-state index in [4.69, 9.17) is 14.3 Å². The fourth-order valence-electron chi connectivity index (χ4n) is 5.25. The molecule has 8 heteroatoms. The number of carboxylic acids is 1. The molecule has 8 nitrogen and oxygen atoms in total.